The van der Waals surface area contributed by atoms with E-state index in [-0.39, 0.29) is 21.7 Å². The van der Waals surface area contributed by atoms with Crippen molar-refractivity contribution in [1.82, 2.24) is 0 Å². The fourth-order valence-corrected chi connectivity index (χ4v) is 5.57. The van der Waals surface area contributed by atoms with Crippen molar-refractivity contribution in [3.05, 3.63) is 191 Å². The molecule has 0 bridgehead atoms. The van der Waals surface area contributed by atoms with Crippen LogP contribution < -0.4 is 0 Å². The molecule has 0 amide bonds. The predicted octanol–water partition coefficient (Wildman–Crippen LogP) is 9.59. The summed E-state index contributed by atoms with van der Waals surface area (Å²) in [7, 11) is 0. The molecule has 0 saturated heterocycles. The van der Waals surface area contributed by atoms with Gasteiger partial charge in [0.05, 0.1) is 0 Å². The molecule has 6 aromatic carbocycles. The summed E-state index contributed by atoms with van der Waals surface area (Å²) < 4.78 is 0. The third-order valence-electron chi connectivity index (χ3n) is 7.62. The molecule has 8 rings (SSSR count). The van der Waals surface area contributed by atoms with Gasteiger partial charge in [0.25, 0.3) is 0 Å². The van der Waals surface area contributed by atoms with Crippen molar-refractivity contribution in [2.45, 2.75) is 25.7 Å². The summed E-state index contributed by atoms with van der Waals surface area (Å²) in [6, 6.07) is 57.5. The van der Waals surface area contributed by atoms with E-state index in [1.807, 2.05) is 12.1 Å². The maximum atomic E-state index is 3.30. The Morgan fingerprint density at radius 3 is 1.20 bits per heavy atom. The number of aryl methyl sites for hydroxylation is 2. The van der Waals surface area contributed by atoms with Crippen molar-refractivity contribution < 1.29 is 21.7 Å². The van der Waals surface area contributed by atoms with Crippen LogP contribution in [0.3, 0.4) is 0 Å². The van der Waals surface area contributed by atoms with Gasteiger partial charge >= 0.3 is 21.7 Å². The van der Waals surface area contributed by atoms with E-state index in [9.17, 15) is 0 Å². The monoisotopic (exact) mass is 560 g/mol. The second-order valence-electron chi connectivity index (χ2n) is 10.3. The van der Waals surface area contributed by atoms with Gasteiger partial charge in [0, 0.05) is 0 Å². The number of hydrogen-bond donors (Lipinski definition) is 0. The molecule has 0 spiro atoms. The molecule has 2 aliphatic carbocycles. The van der Waals surface area contributed by atoms with Crippen LogP contribution in [0.5, 0.6) is 0 Å². The Labute approximate surface area is 259 Å². The number of benzene rings is 6. The molecular formula is C40H32Ti. The molecule has 41 heavy (non-hydrogen) atoms. The molecular weight excluding hydrogens is 528 g/mol. The normalized spacial score (nSPS) is 11.2. The molecule has 6 aromatic rings. The van der Waals surface area contributed by atoms with Gasteiger partial charge in [-0.1, -0.05) is 131 Å². The molecule has 0 nitrogen and oxygen atoms in total. The van der Waals surface area contributed by atoms with Gasteiger partial charge in [0.15, 0.2) is 0 Å². The molecule has 0 fully saturated rings. The minimum absolute atomic E-state index is 0. The Bertz CT molecular complexity index is 1470. The first-order chi connectivity index (χ1) is 19.8. The molecule has 2 aliphatic rings. The molecule has 1 heteroatoms. The zero-order valence-electron chi connectivity index (χ0n) is 23.2. The third kappa shape index (κ3) is 7.03. The minimum atomic E-state index is 0. The predicted molar refractivity (Wildman–Crippen MR) is 167 cm³/mol. The van der Waals surface area contributed by atoms with E-state index in [4.69, 9.17) is 0 Å². The van der Waals surface area contributed by atoms with Crippen LogP contribution in [0.1, 0.15) is 33.4 Å². The van der Waals surface area contributed by atoms with Crippen LogP contribution >= 0.6 is 0 Å². The quantitative estimate of drug-likeness (QED) is 0.149. The Kier molecular flexibility index (Phi) is 9.81. The van der Waals surface area contributed by atoms with Crippen molar-refractivity contribution in [3.8, 4) is 22.3 Å². The summed E-state index contributed by atoms with van der Waals surface area (Å²) in [6.07, 6.45) is 4.36. The largest absolute Gasteiger partial charge is 2.00 e. The number of hydrogen-bond acceptors (Lipinski definition) is 0. The van der Waals surface area contributed by atoms with Gasteiger partial charge < -0.3 is 0 Å². The van der Waals surface area contributed by atoms with Gasteiger partial charge in [-0.15, -0.1) is 11.1 Å². The van der Waals surface area contributed by atoms with Gasteiger partial charge in [-0.05, 0) is 36.8 Å². The molecule has 0 heterocycles. The molecule has 0 unspecified atom stereocenters. The summed E-state index contributed by atoms with van der Waals surface area (Å²) in [5, 5.41) is 0. The minimum Gasteiger partial charge on any atom is -0.179 e. The van der Waals surface area contributed by atoms with Crippen LogP contribution in [-0.2, 0) is 47.4 Å². The summed E-state index contributed by atoms with van der Waals surface area (Å²) in [5.41, 5.74) is 13.8. The number of fused-ring (bicyclic) bond motifs is 6. The SMILES string of the molecule is [Ti+2].[c-]1cccc2c1Cc1ccccc1-2.[c-]1cccc2c1Cc1ccccc1-2.c1ccc(CCc2ccccc2)cc1. The molecule has 196 valence electrons. The number of rotatable bonds is 3. The van der Waals surface area contributed by atoms with E-state index in [2.05, 4.69) is 146 Å². The molecule has 0 saturated carbocycles. The topological polar surface area (TPSA) is 0 Å². The van der Waals surface area contributed by atoms with Gasteiger partial charge in [0.1, 0.15) is 0 Å². The Morgan fingerprint density at radius 2 is 0.756 bits per heavy atom. The second-order valence-corrected chi connectivity index (χ2v) is 10.3. The van der Waals surface area contributed by atoms with Crippen LogP contribution in [0.2, 0.25) is 0 Å². The van der Waals surface area contributed by atoms with E-state index < -0.39 is 0 Å². The van der Waals surface area contributed by atoms with Crippen molar-refractivity contribution in [3.63, 3.8) is 0 Å². The molecule has 0 aliphatic heterocycles. The van der Waals surface area contributed by atoms with E-state index in [1.54, 1.807) is 0 Å². The van der Waals surface area contributed by atoms with Crippen LogP contribution in [0, 0.1) is 12.1 Å². The smallest absolute Gasteiger partial charge is 0.179 e. The third-order valence-corrected chi connectivity index (χ3v) is 7.62. The van der Waals surface area contributed by atoms with Gasteiger partial charge in [-0.25, -0.2) is 0 Å². The van der Waals surface area contributed by atoms with Crippen molar-refractivity contribution in [2.75, 3.05) is 0 Å². The first-order valence-electron chi connectivity index (χ1n) is 14.1. The van der Waals surface area contributed by atoms with Gasteiger partial charge in [0.2, 0.25) is 0 Å². The van der Waals surface area contributed by atoms with Crippen molar-refractivity contribution >= 4 is 0 Å². The van der Waals surface area contributed by atoms with Gasteiger partial charge in [-0.2, -0.15) is 59.7 Å². The average molecular weight is 561 g/mol. The Balaban J connectivity index is 0.000000122. The summed E-state index contributed by atoms with van der Waals surface area (Å²) >= 11 is 0. The van der Waals surface area contributed by atoms with Crippen molar-refractivity contribution in [2.24, 2.45) is 0 Å². The zero-order chi connectivity index (χ0) is 27.0. The van der Waals surface area contributed by atoms with Crippen LogP contribution in [0.25, 0.3) is 22.3 Å². The Morgan fingerprint density at radius 1 is 0.390 bits per heavy atom. The summed E-state index contributed by atoms with van der Waals surface area (Å²) in [6.45, 7) is 0. The fourth-order valence-electron chi connectivity index (χ4n) is 5.57. The van der Waals surface area contributed by atoms with Crippen LogP contribution in [-0.4, -0.2) is 0 Å². The average Bonchev–Trinajstić information content (AvgIpc) is 3.60. The van der Waals surface area contributed by atoms with E-state index in [0.29, 0.717) is 0 Å². The molecule has 0 N–H and O–H groups in total. The Hall–Kier alpha value is -3.97. The first kappa shape index (κ1) is 28.6. The second kappa shape index (κ2) is 14.1. The van der Waals surface area contributed by atoms with Crippen molar-refractivity contribution in [1.29, 1.82) is 0 Å². The van der Waals surface area contributed by atoms with E-state index >= 15 is 0 Å². The molecule has 0 atom stereocenters. The summed E-state index contributed by atoms with van der Waals surface area (Å²) in [4.78, 5) is 0. The van der Waals surface area contributed by atoms with Crippen LogP contribution in [0.4, 0.5) is 0 Å². The fraction of sp³-hybridized carbons (Fsp3) is 0.100. The molecule has 0 radical (unpaired) electrons. The van der Waals surface area contributed by atoms with E-state index in [1.165, 1.54) is 55.6 Å². The van der Waals surface area contributed by atoms with Crippen LogP contribution in [0.15, 0.2) is 146 Å². The molecule has 0 aromatic heterocycles. The maximum Gasteiger partial charge on any atom is 2.00 e. The standard InChI is InChI=1S/C14H14.2C13H9.Ti/c1-3-7-13(8-4-1)11-12-14-9-5-2-6-10-14;2*1-3-7-12-10(5-1)9-11-6-2-4-8-13(11)12;/h1-10H,11-12H2;2*1-5,7-8H,9H2;/q;2*-1;+2. The zero-order valence-corrected chi connectivity index (χ0v) is 24.7. The van der Waals surface area contributed by atoms with E-state index in [0.717, 1.165) is 25.7 Å². The first-order valence-corrected chi connectivity index (χ1v) is 14.1. The summed E-state index contributed by atoms with van der Waals surface area (Å²) in [5.74, 6) is 0. The van der Waals surface area contributed by atoms with Gasteiger partial charge in [-0.3, -0.25) is 0 Å². The maximum absolute atomic E-state index is 3.30.